The number of nitrogens with one attached hydrogen (secondary N) is 2. The van der Waals surface area contributed by atoms with Crippen molar-refractivity contribution < 1.29 is 4.79 Å². The minimum absolute atomic E-state index is 0.165. The zero-order chi connectivity index (χ0) is 17.1. The van der Waals surface area contributed by atoms with Gasteiger partial charge in [0.15, 0.2) is 0 Å². The van der Waals surface area contributed by atoms with Crippen molar-refractivity contribution in [1.29, 1.82) is 0 Å². The van der Waals surface area contributed by atoms with Crippen molar-refractivity contribution in [1.82, 2.24) is 25.2 Å². The molecule has 0 fully saturated rings. The molecule has 1 amide bonds. The van der Waals surface area contributed by atoms with E-state index in [1.807, 2.05) is 60.8 Å². The van der Waals surface area contributed by atoms with Crippen LogP contribution in [0.4, 0.5) is 5.69 Å². The second kappa shape index (κ2) is 6.56. The average Bonchev–Trinajstić information content (AvgIpc) is 3.31. The molecule has 0 aliphatic rings. The first-order chi connectivity index (χ1) is 12.3. The number of aromatic amines is 1. The quantitative estimate of drug-likeness (QED) is 0.588. The molecule has 0 aliphatic carbocycles. The van der Waals surface area contributed by atoms with E-state index in [0.29, 0.717) is 6.42 Å². The van der Waals surface area contributed by atoms with Gasteiger partial charge in [0.2, 0.25) is 5.91 Å². The number of amides is 1. The molecule has 7 nitrogen and oxygen atoms in total. The predicted octanol–water partition coefficient (Wildman–Crippen LogP) is 2.58. The lowest BCUT2D eigenvalue weighted by atomic mass is 10.1. The van der Waals surface area contributed by atoms with Crippen molar-refractivity contribution in [3.63, 3.8) is 0 Å². The lowest BCUT2D eigenvalue weighted by Crippen LogP contribution is -2.28. The fourth-order valence-corrected chi connectivity index (χ4v) is 2.81. The minimum Gasteiger partial charge on any atom is -0.361 e. The topological polar surface area (TPSA) is 88.5 Å². The van der Waals surface area contributed by atoms with Gasteiger partial charge in [-0.1, -0.05) is 36.4 Å². The molecule has 0 bridgehead atoms. The average molecular weight is 332 g/mol. The van der Waals surface area contributed by atoms with E-state index in [9.17, 15) is 4.79 Å². The first kappa shape index (κ1) is 15.1. The molecule has 1 atom stereocenters. The molecule has 0 spiro atoms. The first-order valence-electron chi connectivity index (χ1n) is 7.94. The van der Waals surface area contributed by atoms with Gasteiger partial charge in [-0.15, -0.1) is 5.10 Å². The van der Waals surface area contributed by atoms with Gasteiger partial charge in [0.25, 0.3) is 0 Å². The molecule has 2 aromatic heterocycles. The van der Waals surface area contributed by atoms with Crippen LogP contribution in [0.25, 0.3) is 10.9 Å². The van der Waals surface area contributed by atoms with Crippen LogP contribution in [0.2, 0.25) is 0 Å². The number of rotatable bonds is 5. The molecule has 0 aliphatic heterocycles. The van der Waals surface area contributed by atoms with E-state index >= 15 is 0 Å². The van der Waals surface area contributed by atoms with Crippen molar-refractivity contribution in [3.8, 4) is 0 Å². The Kier molecular flexibility index (Phi) is 3.96. The van der Waals surface area contributed by atoms with Crippen molar-refractivity contribution >= 4 is 22.5 Å². The molecular formula is C18H16N6O. The summed E-state index contributed by atoms with van der Waals surface area (Å²) in [7, 11) is 0. The van der Waals surface area contributed by atoms with Gasteiger partial charge in [0.05, 0.1) is 0 Å². The van der Waals surface area contributed by atoms with Crippen LogP contribution in [0.3, 0.4) is 0 Å². The molecule has 0 saturated heterocycles. The SMILES string of the molecule is O=C(Nc1ccc2cc[nH]c2c1)[C@@H](Cc1ccccc1)n1cnnn1. The van der Waals surface area contributed by atoms with Crippen LogP contribution < -0.4 is 5.32 Å². The predicted molar refractivity (Wildman–Crippen MR) is 93.9 cm³/mol. The summed E-state index contributed by atoms with van der Waals surface area (Å²) >= 11 is 0. The summed E-state index contributed by atoms with van der Waals surface area (Å²) in [5.41, 5.74) is 2.74. The Morgan fingerprint density at radius 1 is 1.16 bits per heavy atom. The van der Waals surface area contributed by atoms with Crippen LogP contribution in [0.5, 0.6) is 0 Å². The summed E-state index contributed by atoms with van der Waals surface area (Å²) in [5.74, 6) is -0.165. The maximum Gasteiger partial charge on any atom is 0.249 e. The molecular weight excluding hydrogens is 316 g/mol. The molecule has 4 aromatic rings. The van der Waals surface area contributed by atoms with Gasteiger partial charge in [-0.05, 0) is 39.6 Å². The highest BCUT2D eigenvalue weighted by Crippen LogP contribution is 2.20. The third-order valence-electron chi connectivity index (χ3n) is 4.08. The summed E-state index contributed by atoms with van der Waals surface area (Å²) in [6.07, 6.45) is 3.83. The second-order valence-corrected chi connectivity index (χ2v) is 5.76. The van der Waals surface area contributed by atoms with Gasteiger partial charge in [-0.3, -0.25) is 4.79 Å². The highest BCUT2D eigenvalue weighted by molar-refractivity contribution is 5.96. The Bertz CT molecular complexity index is 977. The lowest BCUT2D eigenvalue weighted by molar-refractivity contribution is -0.119. The Morgan fingerprint density at radius 3 is 2.84 bits per heavy atom. The van der Waals surface area contributed by atoms with Gasteiger partial charge in [-0.25, -0.2) is 4.68 Å². The van der Waals surface area contributed by atoms with Crippen LogP contribution in [0.1, 0.15) is 11.6 Å². The van der Waals surface area contributed by atoms with E-state index in [1.165, 1.54) is 11.0 Å². The van der Waals surface area contributed by atoms with Gasteiger partial charge in [0, 0.05) is 23.8 Å². The Labute approximate surface area is 143 Å². The largest absolute Gasteiger partial charge is 0.361 e. The number of tetrazole rings is 1. The zero-order valence-corrected chi connectivity index (χ0v) is 13.3. The molecule has 0 saturated carbocycles. The zero-order valence-electron chi connectivity index (χ0n) is 13.3. The van der Waals surface area contributed by atoms with Crippen molar-refractivity contribution in [2.45, 2.75) is 12.5 Å². The van der Waals surface area contributed by atoms with Crippen molar-refractivity contribution in [3.05, 3.63) is 72.7 Å². The van der Waals surface area contributed by atoms with Gasteiger partial charge in [-0.2, -0.15) is 0 Å². The summed E-state index contributed by atoms with van der Waals surface area (Å²) in [6, 6.07) is 17.0. The molecule has 7 heteroatoms. The summed E-state index contributed by atoms with van der Waals surface area (Å²) in [5, 5.41) is 15.3. The number of carbonyl (C=O) groups is 1. The van der Waals surface area contributed by atoms with E-state index in [0.717, 1.165) is 22.2 Å². The number of nitrogens with zero attached hydrogens (tertiary/aromatic N) is 4. The van der Waals surface area contributed by atoms with Crippen LogP contribution >= 0.6 is 0 Å². The Hall–Kier alpha value is -3.48. The van der Waals surface area contributed by atoms with E-state index in [2.05, 4.69) is 25.8 Å². The van der Waals surface area contributed by atoms with Crippen LogP contribution in [-0.2, 0) is 11.2 Å². The fourth-order valence-electron chi connectivity index (χ4n) is 2.81. The highest BCUT2D eigenvalue weighted by Gasteiger charge is 2.22. The molecule has 2 heterocycles. The molecule has 4 rings (SSSR count). The van der Waals surface area contributed by atoms with E-state index in [4.69, 9.17) is 0 Å². The summed E-state index contributed by atoms with van der Waals surface area (Å²) in [4.78, 5) is 16.0. The first-order valence-corrected chi connectivity index (χ1v) is 7.94. The number of benzene rings is 2. The van der Waals surface area contributed by atoms with Gasteiger partial charge < -0.3 is 10.3 Å². The molecule has 0 unspecified atom stereocenters. The van der Waals surface area contributed by atoms with Gasteiger partial charge in [0.1, 0.15) is 12.4 Å². The van der Waals surface area contributed by atoms with Crippen LogP contribution in [0.15, 0.2) is 67.1 Å². The van der Waals surface area contributed by atoms with E-state index < -0.39 is 6.04 Å². The van der Waals surface area contributed by atoms with Crippen LogP contribution in [-0.4, -0.2) is 31.1 Å². The number of fused-ring (bicyclic) bond motifs is 1. The minimum atomic E-state index is -0.531. The third kappa shape index (κ3) is 3.25. The number of anilines is 1. The van der Waals surface area contributed by atoms with Crippen molar-refractivity contribution in [2.75, 3.05) is 5.32 Å². The molecule has 124 valence electrons. The number of hydrogen-bond donors (Lipinski definition) is 2. The Balaban J connectivity index is 1.58. The maximum absolute atomic E-state index is 12.9. The maximum atomic E-state index is 12.9. The molecule has 2 N–H and O–H groups in total. The number of aromatic nitrogens is 5. The normalized spacial score (nSPS) is 12.2. The van der Waals surface area contributed by atoms with E-state index in [1.54, 1.807) is 0 Å². The molecule has 2 aromatic carbocycles. The highest BCUT2D eigenvalue weighted by atomic mass is 16.2. The van der Waals surface area contributed by atoms with Gasteiger partial charge >= 0.3 is 0 Å². The summed E-state index contributed by atoms with van der Waals surface area (Å²) in [6.45, 7) is 0. The third-order valence-corrected chi connectivity index (χ3v) is 4.08. The smallest absolute Gasteiger partial charge is 0.249 e. The summed E-state index contributed by atoms with van der Waals surface area (Å²) < 4.78 is 1.48. The number of hydrogen-bond acceptors (Lipinski definition) is 4. The van der Waals surface area contributed by atoms with Crippen LogP contribution in [0, 0.1) is 0 Å². The van der Waals surface area contributed by atoms with E-state index in [-0.39, 0.29) is 5.91 Å². The monoisotopic (exact) mass is 332 g/mol. The molecule has 25 heavy (non-hydrogen) atoms. The Morgan fingerprint density at radius 2 is 2.04 bits per heavy atom. The fraction of sp³-hybridized carbons (Fsp3) is 0.111. The second-order valence-electron chi connectivity index (χ2n) is 5.76. The number of carbonyl (C=O) groups excluding carboxylic acids is 1. The standard InChI is InChI=1S/C18H16N6O/c25-18(21-15-7-6-14-8-9-19-16(14)11-15)17(24-12-20-22-23-24)10-13-4-2-1-3-5-13/h1-9,11-12,17,19H,10H2,(H,21,25)/t17-/m1/s1. The number of H-pyrrole nitrogens is 1. The van der Waals surface area contributed by atoms with Crippen molar-refractivity contribution in [2.24, 2.45) is 0 Å². The molecule has 0 radical (unpaired) electrons. The lowest BCUT2D eigenvalue weighted by Gasteiger charge is -2.16.